The molecule has 1 N–H and O–H groups in total. The Hall–Kier alpha value is -1.55. The Balaban J connectivity index is 2.47. The monoisotopic (exact) mass is 322 g/mol. The summed E-state index contributed by atoms with van der Waals surface area (Å²) >= 11 is 0. The SMILES string of the molecule is CC(C)CC(C)(C(=O)OCC(O)COc1ccccc1)C(C)C. The molecule has 0 amide bonds. The number of aliphatic hydroxyl groups excluding tert-OH is 1. The topological polar surface area (TPSA) is 55.8 Å². The third-order valence-electron chi connectivity index (χ3n) is 4.17. The van der Waals surface area contributed by atoms with Gasteiger partial charge in [-0.1, -0.05) is 45.9 Å². The summed E-state index contributed by atoms with van der Waals surface area (Å²) in [6.45, 7) is 10.2. The van der Waals surface area contributed by atoms with Crippen LogP contribution < -0.4 is 4.74 Å². The average Bonchev–Trinajstić information content (AvgIpc) is 2.50. The first-order valence-corrected chi connectivity index (χ1v) is 8.28. The van der Waals surface area contributed by atoms with Crippen LogP contribution in [0.5, 0.6) is 5.75 Å². The van der Waals surface area contributed by atoms with Crippen LogP contribution in [-0.2, 0) is 9.53 Å². The summed E-state index contributed by atoms with van der Waals surface area (Å²) in [4.78, 5) is 12.4. The number of aliphatic hydroxyl groups is 1. The maximum atomic E-state index is 12.4. The van der Waals surface area contributed by atoms with Crippen LogP contribution in [0.25, 0.3) is 0 Å². The Bertz CT molecular complexity index is 470. The maximum Gasteiger partial charge on any atom is 0.312 e. The van der Waals surface area contributed by atoms with Gasteiger partial charge in [-0.05, 0) is 37.3 Å². The molecule has 1 rings (SSSR count). The molecule has 0 saturated carbocycles. The molecule has 0 saturated heterocycles. The molecule has 0 radical (unpaired) electrons. The van der Waals surface area contributed by atoms with E-state index in [4.69, 9.17) is 9.47 Å². The molecule has 0 aliphatic heterocycles. The maximum absolute atomic E-state index is 12.4. The van der Waals surface area contributed by atoms with Crippen LogP contribution >= 0.6 is 0 Å². The third kappa shape index (κ3) is 6.22. The number of rotatable bonds is 9. The Labute approximate surface area is 139 Å². The van der Waals surface area contributed by atoms with Gasteiger partial charge in [0.1, 0.15) is 25.1 Å². The van der Waals surface area contributed by atoms with Crippen LogP contribution in [0.15, 0.2) is 30.3 Å². The molecule has 4 heteroatoms. The minimum Gasteiger partial charge on any atom is -0.491 e. The zero-order valence-corrected chi connectivity index (χ0v) is 14.9. The van der Waals surface area contributed by atoms with Gasteiger partial charge < -0.3 is 14.6 Å². The first-order valence-electron chi connectivity index (χ1n) is 8.28. The lowest BCUT2D eigenvalue weighted by Crippen LogP contribution is -2.38. The van der Waals surface area contributed by atoms with Crippen LogP contribution in [0.4, 0.5) is 0 Å². The van der Waals surface area contributed by atoms with Crippen molar-refractivity contribution in [2.75, 3.05) is 13.2 Å². The molecule has 1 aromatic rings. The molecule has 2 unspecified atom stereocenters. The highest BCUT2D eigenvalue weighted by molar-refractivity contribution is 5.76. The number of para-hydroxylation sites is 1. The molecule has 0 aromatic heterocycles. The Kier molecular flexibility index (Phi) is 7.56. The molecule has 2 atom stereocenters. The van der Waals surface area contributed by atoms with E-state index >= 15 is 0 Å². The number of hydrogen-bond donors (Lipinski definition) is 1. The zero-order valence-electron chi connectivity index (χ0n) is 14.9. The number of hydrogen-bond acceptors (Lipinski definition) is 4. The fraction of sp³-hybridized carbons (Fsp3) is 0.632. The van der Waals surface area contributed by atoms with Gasteiger partial charge in [-0.3, -0.25) is 4.79 Å². The van der Waals surface area contributed by atoms with E-state index in [1.165, 1.54) is 0 Å². The van der Waals surface area contributed by atoms with Gasteiger partial charge in [0, 0.05) is 0 Å². The largest absolute Gasteiger partial charge is 0.491 e. The summed E-state index contributed by atoms with van der Waals surface area (Å²) in [6.07, 6.45) is -0.0743. The van der Waals surface area contributed by atoms with Crippen LogP contribution in [0.3, 0.4) is 0 Å². The fourth-order valence-corrected chi connectivity index (χ4v) is 2.50. The molecular weight excluding hydrogens is 292 g/mol. The lowest BCUT2D eigenvalue weighted by atomic mass is 9.73. The van der Waals surface area contributed by atoms with Crippen molar-refractivity contribution < 1.29 is 19.4 Å². The molecule has 0 fully saturated rings. The van der Waals surface area contributed by atoms with Gasteiger partial charge >= 0.3 is 5.97 Å². The Morgan fingerprint density at radius 1 is 1.13 bits per heavy atom. The smallest absolute Gasteiger partial charge is 0.312 e. The lowest BCUT2D eigenvalue weighted by Gasteiger charge is -2.33. The summed E-state index contributed by atoms with van der Waals surface area (Å²) in [5, 5.41) is 9.94. The molecule has 1 aromatic carbocycles. The molecule has 4 nitrogen and oxygen atoms in total. The van der Waals surface area contributed by atoms with Crippen LogP contribution in [-0.4, -0.2) is 30.4 Å². The van der Waals surface area contributed by atoms with E-state index < -0.39 is 11.5 Å². The van der Waals surface area contributed by atoms with Gasteiger partial charge in [0.25, 0.3) is 0 Å². The molecule has 0 heterocycles. The molecule has 0 aliphatic rings. The van der Waals surface area contributed by atoms with Crippen molar-refractivity contribution in [1.82, 2.24) is 0 Å². The van der Waals surface area contributed by atoms with Crippen LogP contribution in [0.2, 0.25) is 0 Å². The first-order chi connectivity index (χ1) is 10.8. The van der Waals surface area contributed by atoms with E-state index in [1.54, 1.807) is 0 Å². The second-order valence-corrected chi connectivity index (χ2v) is 7.05. The van der Waals surface area contributed by atoms with E-state index in [-0.39, 0.29) is 25.1 Å². The van der Waals surface area contributed by atoms with E-state index in [0.717, 1.165) is 6.42 Å². The van der Waals surface area contributed by atoms with E-state index in [0.29, 0.717) is 11.7 Å². The molecule has 0 bridgehead atoms. The highest BCUT2D eigenvalue weighted by Crippen LogP contribution is 2.35. The van der Waals surface area contributed by atoms with Crippen molar-refractivity contribution in [3.63, 3.8) is 0 Å². The second-order valence-electron chi connectivity index (χ2n) is 7.05. The second kappa shape index (κ2) is 8.92. The van der Waals surface area contributed by atoms with Crippen molar-refractivity contribution >= 4 is 5.97 Å². The zero-order chi connectivity index (χ0) is 17.5. The van der Waals surface area contributed by atoms with Gasteiger partial charge in [0.15, 0.2) is 0 Å². The molecule has 0 spiro atoms. The van der Waals surface area contributed by atoms with Gasteiger partial charge in [-0.2, -0.15) is 0 Å². The third-order valence-corrected chi connectivity index (χ3v) is 4.17. The summed E-state index contributed by atoms with van der Waals surface area (Å²) < 4.78 is 10.8. The molecule has 0 aliphatic carbocycles. The fourth-order valence-electron chi connectivity index (χ4n) is 2.50. The van der Waals surface area contributed by atoms with E-state index in [2.05, 4.69) is 13.8 Å². The molecule has 23 heavy (non-hydrogen) atoms. The summed E-state index contributed by atoms with van der Waals surface area (Å²) in [5.41, 5.74) is -0.534. The summed E-state index contributed by atoms with van der Waals surface area (Å²) in [6, 6.07) is 9.25. The van der Waals surface area contributed by atoms with Crippen molar-refractivity contribution in [2.24, 2.45) is 17.3 Å². The summed E-state index contributed by atoms with van der Waals surface area (Å²) in [5.74, 6) is 1.01. The minimum atomic E-state index is -0.838. The number of ether oxygens (including phenoxy) is 2. The first kappa shape index (κ1) is 19.5. The van der Waals surface area contributed by atoms with Crippen molar-refractivity contribution in [1.29, 1.82) is 0 Å². The number of benzene rings is 1. The van der Waals surface area contributed by atoms with E-state index in [9.17, 15) is 9.90 Å². The van der Waals surface area contributed by atoms with Crippen molar-refractivity contribution in [3.05, 3.63) is 30.3 Å². The standard InChI is InChI=1S/C19H30O4/c1-14(2)11-19(5,15(3)4)18(21)23-13-16(20)12-22-17-9-7-6-8-10-17/h6-10,14-16,20H,11-13H2,1-5H3. The van der Waals surface area contributed by atoms with Crippen LogP contribution in [0, 0.1) is 17.3 Å². The Morgan fingerprint density at radius 2 is 1.74 bits per heavy atom. The van der Waals surface area contributed by atoms with Crippen molar-refractivity contribution in [3.8, 4) is 5.75 Å². The highest BCUT2D eigenvalue weighted by atomic mass is 16.5. The lowest BCUT2D eigenvalue weighted by molar-refractivity contribution is -0.162. The highest BCUT2D eigenvalue weighted by Gasteiger charge is 2.38. The van der Waals surface area contributed by atoms with Gasteiger partial charge in [-0.15, -0.1) is 0 Å². The minimum absolute atomic E-state index is 0.0495. The number of carbonyl (C=O) groups excluding carboxylic acids is 1. The van der Waals surface area contributed by atoms with Gasteiger partial charge in [0.2, 0.25) is 0 Å². The molecule has 130 valence electrons. The predicted octanol–water partition coefficient (Wildman–Crippen LogP) is 3.68. The summed E-state index contributed by atoms with van der Waals surface area (Å²) in [7, 11) is 0. The Morgan fingerprint density at radius 3 is 2.26 bits per heavy atom. The normalized spacial score (nSPS) is 15.3. The van der Waals surface area contributed by atoms with E-state index in [1.807, 2.05) is 51.1 Å². The number of carbonyl (C=O) groups is 1. The number of esters is 1. The van der Waals surface area contributed by atoms with Crippen LogP contribution in [0.1, 0.15) is 41.0 Å². The predicted molar refractivity (Wildman–Crippen MR) is 91.3 cm³/mol. The van der Waals surface area contributed by atoms with Crippen molar-refractivity contribution in [2.45, 2.75) is 47.1 Å². The molecular formula is C19H30O4. The van der Waals surface area contributed by atoms with Gasteiger partial charge in [-0.25, -0.2) is 0 Å². The quantitative estimate of drug-likeness (QED) is 0.705. The average molecular weight is 322 g/mol. The van der Waals surface area contributed by atoms with Gasteiger partial charge in [0.05, 0.1) is 5.41 Å².